The van der Waals surface area contributed by atoms with Crippen LogP contribution in [0.4, 0.5) is 5.69 Å². The zero-order valence-electron chi connectivity index (χ0n) is 19.3. The number of benzene rings is 3. The number of carbonyl (C=O) groups excluding carboxylic acids is 3. The van der Waals surface area contributed by atoms with Crippen molar-refractivity contribution in [2.24, 2.45) is 5.10 Å². The number of nitrogens with one attached hydrogen (secondary N) is 3. The number of fused-ring (bicyclic) bond motifs is 1. The van der Waals surface area contributed by atoms with Gasteiger partial charge in [0.1, 0.15) is 5.70 Å². The second-order valence-corrected chi connectivity index (χ2v) is 8.42. The molecule has 3 N–H and O–H groups in total. The Balaban J connectivity index is 1.69. The molecule has 3 aromatic carbocycles. The number of para-hydroxylation sites is 1. The third-order valence-corrected chi connectivity index (χ3v) is 5.72. The Morgan fingerprint density at radius 3 is 2.50 bits per heavy atom. The van der Waals surface area contributed by atoms with Gasteiger partial charge in [0.25, 0.3) is 17.7 Å². The van der Waals surface area contributed by atoms with E-state index in [0.717, 1.165) is 4.47 Å². The maximum atomic E-state index is 13.2. The number of carbonyl (C=O) groups is 3. The van der Waals surface area contributed by atoms with E-state index in [4.69, 9.17) is 9.47 Å². The van der Waals surface area contributed by atoms with Gasteiger partial charge in [0, 0.05) is 21.2 Å². The zero-order valence-corrected chi connectivity index (χ0v) is 20.9. The maximum Gasteiger partial charge on any atom is 0.287 e. The van der Waals surface area contributed by atoms with E-state index in [1.807, 2.05) is 0 Å². The summed E-state index contributed by atoms with van der Waals surface area (Å²) >= 11 is 3.37. The second kappa shape index (κ2) is 10.9. The van der Waals surface area contributed by atoms with Gasteiger partial charge in [0.15, 0.2) is 17.2 Å². The Kier molecular flexibility index (Phi) is 7.45. The first-order chi connectivity index (χ1) is 17.4. The van der Waals surface area contributed by atoms with Crippen molar-refractivity contribution in [1.29, 1.82) is 0 Å². The van der Waals surface area contributed by atoms with Crippen molar-refractivity contribution in [2.45, 2.75) is 0 Å². The largest absolute Gasteiger partial charge is 0.493 e. The predicted molar refractivity (Wildman–Crippen MR) is 139 cm³/mol. The van der Waals surface area contributed by atoms with Crippen molar-refractivity contribution in [3.63, 3.8) is 0 Å². The molecule has 0 aromatic heterocycles. The second-order valence-electron chi connectivity index (χ2n) is 7.51. The quantitative estimate of drug-likeness (QED) is 0.307. The van der Waals surface area contributed by atoms with Crippen LogP contribution in [0.2, 0.25) is 0 Å². The summed E-state index contributed by atoms with van der Waals surface area (Å²) in [6, 6.07) is 18.8. The lowest BCUT2D eigenvalue weighted by molar-refractivity contribution is -0.117. The molecule has 9 nitrogen and oxygen atoms in total. The minimum atomic E-state index is -0.743. The van der Waals surface area contributed by atoms with Gasteiger partial charge in [-0.1, -0.05) is 46.3 Å². The number of halogens is 1. The Labute approximate surface area is 215 Å². The lowest BCUT2D eigenvalue weighted by atomic mass is 10.1. The predicted octanol–water partition coefficient (Wildman–Crippen LogP) is 3.71. The topological polar surface area (TPSA) is 118 Å². The summed E-state index contributed by atoms with van der Waals surface area (Å²) < 4.78 is 11.5. The molecule has 182 valence electrons. The molecule has 0 aliphatic carbocycles. The molecule has 36 heavy (non-hydrogen) atoms. The molecule has 0 saturated heterocycles. The van der Waals surface area contributed by atoms with Crippen LogP contribution in [0.3, 0.4) is 0 Å². The monoisotopic (exact) mass is 548 g/mol. The van der Waals surface area contributed by atoms with Crippen molar-refractivity contribution in [1.82, 2.24) is 10.7 Å². The highest BCUT2D eigenvalue weighted by Crippen LogP contribution is 2.32. The summed E-state index contributed by atoms with van der Waals surface area (Å²) in [6.45, 7) is 0. The molecule has 1 heterocycles. The van der Waals surface area contributed by atoms with E-state index in [-0.39, 0.29) is 11.4 Å². The summed E-state index contributed by atoms with van der Waals surface area (Å²) in [5, 5.41) is 9.36. The molecular weight excluding hydrogens is 528 g/mol. The van der Waals surface area contributed by atoms with Crippen molar-refractivity contribution >= 4 is 51.1 Å². The highest BCUT2D eigenvalue weighted by atomic mass is 79.9. The number of hydrogen-bond acceptors (Lipinski definition) is 6. The minimum absolute atomic E-state index is 0.0346. The highest BCUT2D eigenvalue weighted by Gasteiger charge is 2.27. The Bertz CT molecular complexity index is 1400. The van der Waals surface area contributed by atoms with Crippen LogP contribution in [0, 0.1) is 0 Å². The Hall–Kier alpha value is -4.44. The van der Waals surface area contributed by atoms with E-state index in [1.165, 1.54) is 20.3 Å². The van der Waals surface area contributed by atoms with Crippen LogP contribution in [-0.4, -0.2) is 37.7 Å². The number of nitrogens with zero attached hydrogens (tertiary/aromatic N) is 1. The molecule has 1 aliphatic rings. The van der Waals surface area contributed by atoms with Crippen LogP contribution < -0.4 is 25.5 Å². The minimum Gasteiger partial charge on any atom is -0.493 e. The number of methoxy groups -OCH3 is 2. The molecule has 3 amide bonds. The average Bonchev–Trinajstić information content (AvgIpc) is 3.20. The van der Waals surface area contributed by atoms with E-state index in [0.29, 0.717) is 33.9 Å². The van der Waals surface area contributed by atoms with Crippen LogP contribution >= 0.6 is 15.9 Å². The van der Waals surface area contributed by atoms with E-state index < -0.39 is 17.7 Å². The van der Waals surface area contributed by atoms with Crippen LogP contribution in [0.1, 0.15) is 21.5 Å². The van der Waals surface area contributed by atoms with E-state index in [1.54, 1.807) is 66.7 Å². The molecule has 0 atom stereocenters. The van der Waals surface area contributed by atoms with Gasteiger partial charge in [-0.2, -0.15) is 5.10 Å². The molecule has 4 rings (SSSR count). The molecule has 0 spiro atoms. The Morgan fingerprint density at radius 1 is 1.00 bits per heavy atom. The summed E-state index contributed by atoms with van der Waals surface area (Å²) in [4.78, 5) is 38.5. The highest BCUT2D eigenvalue weighted by molar-refractivity contribution is 9.10. The smallest absolute Gasteiger partial charge is 0.287 e. The summed E-state index contributed by atoms with van der Waals surface area (Å²) in [6.07, 6.45) is 1.44. The van der Waals surface area contributed by atoms with Crippen molar-refractivity contribution in [3.8, 4) is 11.5 Å². The Morgan fingerprint density at radius 2 is 1.78 bits per heavy atom. The number of amides is 3. The number of hydrogen-bond donors (Lipinski definition) is 3. The van der Waals surface area contributed by atoms with Gasteiger partial charge >= 0.3 is 0 Å². The molecular formula is C26H21BrN4O5. The molecule has 0 saturated carbocycles. The fraction of sp³-hybridized carbons (Fsp3) is 0.0769. The van der Waals surface area contributed by atoms with Gasteiger partial charge in [-0.15, -0.1) is 0 Å². The number of ether oxygens (including phenoxy) is 2. The fourth-order valence-electron chi connectivity index (χ4n) is 3.53. The van der Waals surface area contributed by atoms with E-state index >= 15 is 0 Å². The first-order valence-corrected chi connectivity index (χ1v) is 11.5. The maximum absolute atomic E-state index is 13.2. The first kappa shape index (κ1) is 24.7. The van der Waals surface area contributed by atoms with Crippen LogP contribution in [0.15, 0.2) is 82.0 Å². The first-order valence-electron chi connectivity index (χ1n) is 10.7. The van der Waals surface area contributed by atoms with Gasteiger partial charge in [-0.05, 0) is 42.5 Å². The summed E-state index contributed by atoms with van der Waals surface area (Å²) in [7, 11) is 2.97. The number of hydrazone groups is 1. The molecule has 1 aliphatic heterocycles. The van der Waals surface area contributed by atoms with Crippen molar-refractivity contribution < 1.29 is 23.9 Å². The molecule has 0 fully saturated rings. The van der Waals surface area contributed by atoms with Gasteiger partial charge in [0.2, 0.25) is 0 Å². The van der Waals surface area contributed by atoms with Gasteiger partial charge in [-0.25, -0.2) is 5.43 Å². The number of anilines is 1. The molecule has 0 unspecified atom stereocenters. The van der Waals surface area contributed by atoms with Crippen molar-refractivity contribution in [2.75, 3.05) is 19.5 Å². The standard InChI is InChI=1S/C26H21BrN4O5/c1-35-21-10-6-9-16(23(21)36-2)13-20(29-24(32)15-7-4-3-5-8-15)25(33)31-30-22-18-14-17(27)11-12-19(18)28-26(22)34/h3-14H,1-2H3,(H,29,32)(H,31,33)(H,28,30,34). The van der Waals surface area contributed by atoms with Gasteiger partial charge < -0.3 is 20.1 Å². The van der Waals surface area contributed by atoms with E-state index in [2.05, 4.69) is 37.1 Å². The zero-order chi connectivity index (χ0) is 25.7. The lowest BCUT2D eigenvalue weighted by Gasteiger charge is -2.13. The van der Waals surface area contributed by atoms with Gasteiger partial charge in [0.05, 0.1) is 19.9 Å². The van der Waals surface area contributed by atoms with Crippen molar-refractivity contribution in [3.05, 3.63) is 93.6 Å². The molecule has 10 heteroatoms. The molecule has 0 radical (unpaired) electrons. The molecule has 0 bridgehead atoms. The third kappa shape index (κ3) is 5.28. The van der Waals surface area contributed by atoms with Gasteiger partial charge in [-0.3, -0.25) is 14.4 Å². The SMILES string of the molecule is COc1cccc(C=C(NC(=O)c2ccccc2)C(=O)NN=C2C(=O)Nc3ccc(Br)cc32)c1OC. The third-order valence-electron chi connectivity index (χ3n) is 5.23. The normalized spacial score (nSPS) is 13.6. The lowest BCUT2D eigenvalue weighted by Crippen LogP contribution is -2.33. The van der Waals surface area contributed by atoms with Crippen LogP contribution in [-0.2, 0) is 9.59 Å². The molecule has 3 aromatic rings. The summed E-state index contributed by atoms with van der Waals surface area (Å²) in [5.41, 5.74) is 4.24. The number of rotatable bonds is 7. The van der Waals surface area contributed by atoms with Crippen LogP contribution in [0.5, 0.6) is 11.5 Å². The average molecular weight is 549 g/mol. The van der Waals surface area contributed by atoms with E-state index in [9.17, 15) is 14.4 Å². The van der Waals surface area contributed by atoms with Crippen LogP contribution in [0.25, 0.3) is 6.08 Å². The fourth-order valence-corrected chi connectivity index (χ4v) is 3.89. The summed E-state index contributed by atoms with van der Waals surface area (Å²) in [5.74, 6) is -0.881.